The van der Waals surface area contributed by atoms with Crippen molar-refractivity contribution in [1.82, 2.24) is 9.88 Å². The fourth-order valence-electron chi connectivity index (χ4n) is 2.33. The number of carbonyl (C=O) groups is 1. The molecule has 0 radical (unpaired) electrons. The Labute approximate surface area is 130 Å². The monoisotopic (exact) mass is 299 g/mol. The van der Waals surface area contributed by atoms with E-state index in [2.05, 4.69) is 10.3 Å². The second-order valence-corrected chi connectivity index (χ2v) is 5.03. The normalized spacial score (nSPS) is 13.2. The van der Waals surface area contributed by atoms with Gasteiger partial charge in [0, 0.05) is 12.7 Å². The van der Waals surface area contributed by atoms with E-state index < -0.39 is 6.10 Å². The van der Waals surface area contributed by atoms with E-state index in [1.807, 2.05) is 44.2 Å². The molecule has 0 aliphatic rings. The zero-order valence-corrected chi connectivity index (χ0v) is 12.8. The Kier molecular flexibility index (Phi) is 5.49. The lowest BCUT2D eigenvalue weighted by molar-refractivity contribution is 0.0804. The van der Waals surface area contributed by atoms with Gasteiger partial charge in [0.15, 0.2) is 0 Å². The Morgan fingerprint density at radius 1 is 1.23 bits per heavy atom. The number of aliphatic hydroxyl groups excluding tert-OH is 1. The minimum Gasteiger partial charge on any atom is -0.386 e. The Morgan fingerprint density at radius 2 is 1.91 bits per heavy atom. The second kappa shape index (κ2) is 7.56. The van der Waals surface area contributed by atoms with Crippen molar-refractivity contribution >= 4 is 11.8 Å². The van der Waals surface area contributed by atoms with Gasteiger partial charge in [-0.3, -0.25) is 5.32 Å². The molecule has 2 N–H and O–H groups in total. The van der Waals surface area contributed by atoms with Crippen LogP contribution in [-0.2, 0) is 0 Å². The van der Waals surface area contributed by atoms with E-state index >= 15 is 0 Å². The van der Waals surface area contributed by atoms with Gasteiger partial charge < -0.3 is 10.0 Å². The van der Waals surface area contributed by atoms with Gasteiger partial charge in [-0.05, 0) is 31.5 Å². The Hall–Kier alpha value is -2.40. The summed E-state index contributed by atoms with van der Waals surface area (Å²) in [6.07, 6.45) is 0.879. The average molecular weight is 299 g/mol. The van der Waals surface area contributed by atoms with Crippen LogP contribution >= 0.6 is 0 Å². The van der Waals surface area contributed by atoms with Gasteiger partial charge in [-0.15, -0.1) is 0 Å². The van der Waals surface area contributed by atoms with Crippen LogP contribution in [0.25, 0.3) is 0 Å². The third kappa shape index (κ3) is 3.83. The fraction of sp³-hybridized carbons (Fsp3) is 0.294. The number of aromatic nitrogens is 1. The summed E-state index contributed by atoms with van der Waals surface area (Å²) in [6.45, 7) is 4.20. The van der Waals surface area contributed by atoms with Crippen LogP contribution in [-0.4, -0.2) is 33.6 Å². The number of pyridine rings is 1. The molecule has 2 atom stereocenters. The number of aliphatic hydroxyl groups is 1. The third-order valence-corrected chi connectivity index (χ3v) is 3.59. The van der Waals surface area contributed by atoms with E-state index in [1.165, 1.54) is 0 Å². The second-order valence-electron chi connectivity index (χ2n) is 5.03. The van der Waals surface area contributed by atoms with Gasteiger partial charge in [0.1, 0.15) is 5.82 Å². The van der Waals surface area contributed by atoms with Crippen LogP contribution < -0.4 is 5.32 Å². The molecule has 5 nitrogen and oxygen atoms in total. The molecular formula is C17H21N3O2. The first-order valence-electron chi connectivity index (χ1n) is 7.35. The minimum atomic E-state index is -0.740. The van der Waals surface area contributed by atoms with Gasteiger partial charge in [-0.25, -0.2) is 9.78 Å². The maximum absolute atomic E-state index is 12.4. The molecule has 0 fully saturated rings. The van der Waals surface area contributed by atoms with E-state index in [0.29, 0.717) is 12.4 Å². The summed E-state index contributed by atoms with van der Waals surface area (Å²) >= 11 is 0. The number of nitrogens with one attached hydrogen (secondary N) is 1. The van der Waals surface area contributed by atoms with E-state index in [9.17, 15) is 9.90 Å². The number of urea groups is 1. The molecule has 0 saturated heterocycles. The molecule has 116 valence electrons. The highest BCUT2D eigenvalue weighted by Crippen LogP contribution is 2.21. The van der Waals surface area contributed by atoms with Crippen LogP contribution in [0.1, 0.15) is 25.5 Å². The molecule has 0 unspecified atom stereocenters. The summed E-state index contributed by atoms with van der Waals surface area (Å²) in [5.41, 5.74) is 0.791. The molecule has 0 saturated carbocycles. The number of nitrogens with zero attached hydrogens (tertiary/aromatic N) is 2. The fourth-order valence-corrected chi connectivity index (χ4v) is 2.33. The molecule has 2 rings (SSSR count). The van der Waals surface area contributed by atoms with Crippen LogP contribution in [0.2, 0.25) is 0 Å². The van der Waals surface area contributed by atoms with Crippen molar-refractivity contribution in [3.63, 3.8) is 0 Å². The van der Waals surface area contributed by atoms with Crippen molar-refractivity contribution in [2.24, 2.45) is 0 Å². The number of benzene rings is 1. The topological polar surface area (TPSA) is 65.5 Å². The van der Waals surface area contributed by atoms with Crippen molar-refractivity contribution in [2.45, 2.75) is 26.0 Å². The summed E-state index contributed by atoms with van der Waals surface area (Å²) in [6, 6.07) is 14.0. The van der Waals surface area contributed by atoms with Gasteiger partial charge in [-0.2, -0.15) is 0 Å². The van der Waals surface area contributed by atoms with Crippen molar-refractivity contribution in [3.05, 3.63) is 60.3 Å². The first kappa shape index (κ1) is 16.0. The molecule has 5 heteroatoms. The molecule has 2 amide bonds. The molecule has 22 heavy (non-hydrogen) atoms. The van der Waals surface area contributed by atoms with Crippen LogP contribution in [0.4, 0.5) is 10.6 Å². The molecule has 2 aromatic rings. The zero-order valence-electron chi connectivity index (χ0n) is 12.8. The third-order valence-electron chi connectivity index (χ3n) is 3.59. The molecular weight excluding hydrogens is 278 g/mol. The van der Waals surface area contributed by atoms with Crippen LogP contribution in [0, 0.1) is 0 Å². The lowest BCUT2D eigenvalue weighted by Gasteiger charge is -2.31. The summed E-state index contributed by atoms with van der Waals surface area (Å²) in [7, 11) is 0. The summed E-state index contributed by atoms with van der Waals surface area (Å²) < 4.78 is 0. The van der Waals surface area contributed by atoms with Crippen LogP contribution in [0.5, 0.6) is 0 Å². The average Bonchev–Trinajstić information content (AvgIpc) is 2.56. The zero-order chi connectivity index (χ0) is 15.9. The first-order chi connectivity index (χ1) is 10.6. The van der Waals surface area contributed by atoms with E-state index in [-0.39, 0.29) is 12.1 Å². The molecule has 0 aliphatic carbocycles. The summed E-state index contributed by atoms with van der Waals surface area (Å²) in [4.78, 5) is 18.1. The quantitative estimate of drug-likeness (QED) is 0.891. The van der Waals surface area contributed by atoms with Gasteiger partial charge in [0.05, 0.1) is 12.1 Å². The molecule has 0 bridgehead atoms. The first-order valence-corrected chi connectivity index (χ1v) is 7.35. The SMILES string of the molecule is CCN(C(=O)Nc1ccccn1)[C@@H](C)[C@@H](O)c1ccccc1. The van der Waals surface area contributed by atoms with Crippen LogP contribution in [0.3, 0.4) is 0 Å². The summed E-state index contributed by atoms with van der Waals surface area (Å²) in [5.74, 6) is 0.493. The smallest absolute Gasteiger partial charge is 0.323 e. The van der Waals surface area contributed by atoms with Gasteiger partial charge >= 0.3 is 6.03 Å². The van der Waals surface area contributed by atoms with Crippen molar-refractivity contribution in [1.29, 1.82) is 0 Å². The highest BCUT2D eigenvalue weighted by atomic mass is 16.3. The van der Waals surface area contributed by atoms with Gasteiger partial charge in [-0.1, -0.05) is 36.4 Å². The number of amides is 2. The van der Waals surface area contributed by atoms with Crippen molar-refractivity contribution < 1.29 is 9.90 Å². The Balaban J connectivity index is 2.08. The lowest BCUT2D eigenvalue weighted by Crippen LogP contribution is -2.44. The minimum absolute atomic E-state index is 0.274. The van der Waals surface area contributed by atoms with E-state index in [4.69, 9.17) is 0 Å². The largest absolute Gasteiger partial charge is 0.386 e. The van der Waals surface area contributed by atoms with E-state index in [0.717, 1.165) is 5.56 Å². The number of carbonyl (C=O) groups excluding carboxylic acids is 1. The molecule has 0 aliphatic heterocycles. The maximum Gasteiger partial charge on any atom is 0.323 e. The number of likely N-dealkylation sites (N-methyl/N-ethyl adjacent to an activating group) is 1. The summed E-state index contributed by atoms with van der Waals surface area (Å²) in [5, 5.41) is 13.2. The standard InChI is InChI=1S/C17H21N3O2/c1-3-20(17(22)19-15-11-7-8-12-18-15)13(2)16(21)14-9-5-4-6-10-14/h4-13,16,21H,3H2,1-2H3,(H,18,19,22)/t13-,16+/m0/s1. The maximum atomic E-state index is 12.4. The number of hydrogen-bond donors (Lipinski definition) is 2. The molecule has 0 spiro atoms. The van der Waals surface area contributed by atoms with Gasteiger partial charge in [0.2, 0.25) is 0 Å². The highest BCUT2D eigenvalue weighted by molar-refractivity contribution is 5.88. The highest BCUT2D eigenvalue weighted by Gasteiger charge is 2.26. The molecule has 1 aromatic heterocycles. The Bertz CT molecular complexity index is 589. The van der Waals surface area contributed by atoms with Crippen molar-refractivity contribution in [3.8, 4) is 0 Å². The number of hydrogen-bond acceptors (Lipinski definition) is 3. The number of rotatable bonds is 5. The molecule has 1 aromatic carbocycles. The molecule has 1 heterocycles. The number of anilines is 1. The van der Waals surface area contributed by atoms with Gasteiger partial charge in [0.25, 0.3) is 0 Å². The Morgan fingerprint density at radius 3 is 2.50 bits per heavy atom. The van der Waals surface area contributed by atoms with Crippen molar-refractivity contribution in [2.75, 3.05) is 11.9 Å². The van der Waals surface area contributed by atoms with Crippen LogP contribution in [0.15, 0.2) is 54.7 Å². The van der Waals surface area contributed by atoms with E-state index in [1.54, 1.807) is 29.3 Å². The predicted molar refractivity (Wildman–Crippen MR) is 86.5 cm³/mol. The predicted octanol–water partition coefficient (Wildman–Crippen LogP) is 3.06. The lowest BCUT2D eigenvalue weighted by atomic mass is 10.0.